The number of nitrogens with zero attached hydrogens (tertiary/aromatic N) is 3. The molecule has 2 aliphatic rings. The first-order valence-corrected chi connectivity index (χ1v) is 11.5. The molecule has 10 heteroatoms. The number of benzene rings is 1. The van der Waals surface area contributed by atoms with E-state index in [2.05, 4.69) is 5.43 Å². The summed E-state index contributed by atoms with van der Waals surface area (Å²) in [5, 5.41) is 9.54. The van der Waals surface area contributed by atoms with Crippen molar-refractivity contribution in [2.24, 2.45) is 11.0 Å². The highest BCUT2D eigenvalue weighted by Crippen LogP contribution is 2.44. The topological polar surface area (TPSA) is 47.9 Å². The van der Waals surface area contributed by atoms with Crippen LogP contribution < -0.4 is 10.4 Å². The van der Waals surface area contributed by atoms with Crippen LogP contribution in [-0.2, 0) is 4.79 Å². The molecule has 1 N–H and O–H groups in total. The zero-order valence-corrected chi connectivity index (χ0v) is 20.2. The average molecular weight is 508 g/mol. The molecule has 0 saturated carbocycles. The van der Waals surface area contributed by atoms with E-state index in [1.165, 1.54) is 17.8 Å². The van der Waals surface area contributed by atoms with Crippen LogP contribution in [0.5, 0.6) is 0 Å². The standard InChI is InChI=1S/C20H21Cl3N4OS.ClH/c1-12-18(20(28)25-26-9-3-2-4-10-26)24-27(15-6-5-13(21)11-14(15)22)19(12)16-7-8-17(23)29-16;/h5-8,11-12,19H,2-4,9-10H2,1H3,(H,25,28);1H/t12-,19-;/m0./s1. The van der Waals surface area contributed by atoms with Crippen LogP contribution in [0, 0.1) is 5.92 Å². The fourth-order valence-electron chi connectivity index (χ4n) is 3.81. The first kappa shape index (κ1) is 23.6. The van der Waals surface area contributed by atoms with Crippen LogP contribution in [0.25, 0.3) is 0 Å². The number of halogens is 4. The SMILES string of the molecule is C[C@H]1C(C(=O)NN2CCCCC2)=NN(c2ccc(Cl)cc2Cl)[C@@H]1c1ccc(Cl)s1.Cl. The van der Waals surface area contributed by atoms with E-state index >= 15 is 0 Å². The molecule has 1 amide bonds. The van der Waals surface area contributed by atoms with E-state index in [1.807, 2.05) is 35.1 Å². The highest BCUT2D eigenvalue weighted by atomic mass is 35.5. The van der Waals surface area contributed by atoms with E-state index in [-0.39, 0.29) is 30.3 Å². The third kappa shape index (κ3) is 4.90. The van der Waals surface area contributed by atoms with Gasteiger partial charge in [-0.15, -0.1) is 23.7 Å². The number of hydrazone groups is 1. The number of hydrogen-bond donors (Lipinski definition) is 1. The Hall–Kier alpha value is -1.02. The molecule has 30 heavy (non-hydrogen) atoms. The van der Waals surface area contributed by atoms with Crippen molar-refractivity contribution in [2.45, 2.75) is 32.2 Å². The molecule has 0 radical (unpaired) electrons. The zero-order chi connectivity index (χ0) is 20.5. The van der Waals surface area contributed by atoms with Gasteiger partial charge in [0, 0.05) is 28.9 Å². The second kappa shape index (κ2) is 10.1. The molecule has 0 unspecified atom stereocenters. The molecule has 1 saturated heterocycles. The smallest absolute Gasteiger partial charge is 0.282 e. The lowest BCUT2D eigenvalue weighted by molar-refractivity contribution is -0.120. The molecule has 2 aliphatic heterocycles. The predicted octanol–water partition coefficient (Wildman–Crippen LogP) is 6.20. The van der Waals surface area contributed by atoms with Crippen LogP contribution in [0.3, 0.4) is 0 Å². The van der Waals surface area contributed by atoms with Gasteiger partial charge in [-0.3, -0.25) is 15.2 Å². The number of nitrogens with one attached hydrogen (secondary N) is 1. The van der Waals surface area contributed by atoms with E-state index < -0.39 is 0 Å². The van der Waals surface area contributed by atoms with Gasteiger partial charge in [0.2, 0.25) is 0 Å². The number of thiophene rings is 1. The van der Waals surface area contributed by atoms with Crippen LogP contribution in [0.4, 0.5) is 5.69 Å². The molecular weight excluding hydrogens is 486 g/mol. The van der Waals surface area contributed by atoms with Gasteiger partial charge < -0.3 is 0 Å². The van der Waals surface area contributed by atoms with E-state index in [1.54, 1.807) is 12.1 Å². The van der Waals surface area contributed by atoms with Crippen molar-refractivity contribution in [3.63, 3.8) is 0 Å². The molecular formula is C20H22Cl4N4OS. The molecule has 1 aromatic carbocycles. The maximum Gasteiger partial charge on any atom is 0.282 e. The normalized spacial score (nSPS) is 21.9. The van der Waals surface area contributed by atoms with Crippen LogP contribution in [-0.4, -0.2) is 29.7 Å². The predicted molar refractivity (Wildman–Crippen MR) is 128 cm³/mol. The molecule has 0 bridgehead atoms. The molecule has 0 spiro atoms. The molecule has 2 aromatic rings. The van der Waals surface area contributed by atoms with Gasteiger partial charge in [0.05, 0.1) is 21.1 Å². The van der Waals surface area contributed by atoms with E-state index in [9.17, 15) is 4.79 Å². The average Bonchev–Trinajstić information content (AvgIpc) is 3.25. The number of anilines is 1. The second-order valence-electron chi connectivity index (χ2n) is 7.29. The van der Waals surface area contributed by atoms with Crippen molar-refractivity contribution in [1.29, 1.82) is 0 Å². The number of carbonyl (C=O) groups is 1. The summed E-state index contributed by atoms with van der Waals surface area (Å²) in [6, 6.07) is 8.95. The summed E-state index contributed by atoms with van der Waals surface area (Å²) in [5.41, 5.74) is 4.21. The number of hydrogen-bond acceptors (Lipinski definition) is 5. The Morgan fingerprint density at radius 2 is 1.87 bits per heavy atom. The number of hydrazine groups is 1. The maximum atomic E-state index is 13.0. The summed E-state index contributed by atoms with van der Waals surface area (Å²) in [4.78, 5) is 14.1. The zero-order valence-electron chi connectivity index (χ0n) is 16.3. The summed E-state index contributed by atoms with van der Waals surface area (Å²) in [6.45, 7) is 3.74. The van der Waals surface area contributed by atoms with Crippen molar-refractivity contribution in [3.05, 3.63) is 49.6 Å². The van der Waals surface area contributed by atoms with Gasteiger partial charge in [-0.1, -0.05) is 48.1 Å². The number of amides is 1. The summed E-state index contributed by atoms with van der Waals surface area (Å²) in [5.74, 6) is -0.305. The Morgan fingerprint density at radius 1 is 1.13 bits per heavy atom. The van der Waals surface area contributed by atoms with Crippen molar-refractivity contribution in [2.75, 3.05) is 18.1 Å². The highest BCUT2D eigenvalue weighted by Gasteiger charge is 2.41. The lowest BCUT2D eigenvalue weighted by atomic mass is 9.95. The number of carbonyl (C=O) groups excluding carboxylic acids is 1. The fraction of sp³-hybridized carbons (Fsp3) is 0.400. The van der Waals surface area contributed by atoms with E-state index in [0.717, 1.165) is 30.8 Å². The summed E-state index contributed by atoms with van der Waals surface area (Å²) in [7, 11) is 0. The Kier molecular flexibility index (Phi) is 7.93. The molecule has 3 heterocycles. The summed E-state index contributed by atoms with van der Waals surface area (Å²) < 4.78 is 0.695. The lowest BCUT2D eigenvalue weighted by Gasteiger charge is -2.27. The minimum absolute atomic E-state index is 0. The van der Waals surface area contributed by atoms with E-state index in [4.69, 9.17) is 39.9 Å². The summed E-state index contributed by atoms with van der Waals surface area (Å²) >= 11 is 20.2. The Morgan fingerprint density at radius 3 is 2.50 bits per heavy atom. The quantitative estimate of drug-likeness (QED) is 0.535. The molecule has 2 atom stereocenters. The van der Waals surface area contributed by atoms with Crippen LogP contribution in [0.2, 0.25) is 14.4 Å². The highest BCUT2D eigenvalue weighted by molar-refractivity contribution is 7.16. The first-order chi connectivity index (χ1) is 13.9. The van der Waals surface area contributed by atoms with Gasteiger partial charge in [-0.2, -0.15) is 5.10 Å². The van der Waals surface area contributed by atoms with Crippen LogP contribution >= 0.6 is 58.5 Å². The Labute approximate surface area is 201 Å². The van der Waals surface area contributed by atoms with Gasteiger partial charge in [0.1, 0.15) is 5.71 Å². The maximum absolute atomic E-state index is 13.0. The van der Waals surface area contributed by atoms with Crippen molar-refractivity contribution in [3.8, 4) is 0 Å². The molecule has 162 valence electrons. The van der Waals surface area contributed by atoms with Crippen LogP contribution in [0.15, 0.2) is 35.4 Å². The molecule has 1 aromatic heterocycles. The first-order valence-electron chi connectivity index (χ1n) is 9.58. The van der Waals surface area contributed by atoms with E-state index in [0.29, 0.717) is 25.8 Å². The largest absolute Gasteiger partial charge is 0.284 e. The van der Waals surface area contributed by atoms with Crippen molar-refractivity contribution in [1.82, 2.24) is 10.4 Å². The van der Waals surface area contributed by atoms with Crippen LogP contribution in [0.1, 0.15) is 37.1 Å². The van der Waals surface area contributed by atoms with Gasteiger partial charge in [-0.05, 0) is 43.2 Å². The minimum atomic E-state index is -0.173. The van der Waals surface area contributed by atoms with Crippen molar-refractivity contribution < 1.29 is 4.79 Å². The monoisotopic (exact) mass is 506 g/mol. The van der Waals surface area contributed by atoms with Gasteiger partial charge in [0.25, 0.3) is 5.91 Å². The summed E-state index contributed by atoms with van der Waals surface area (Å²) in [6.07, 6.45) is 3.38. The van der Waals surface area contributed by atoms with Gasteiger partial charge in [-0.25, -0.2) is 5.01 Å². The molecule has 4 rings (SSSR count). The number of piperidine rings is 1. The van der Waals surface area contributed by atoms with Crippen molar-refractivity contribution >= 4 is 75.9 Å². The lowest BCUT2D eigenvalue weighted by Crippen LogP contribution is -2.48. The third-order valence-electron chi connectivity index (χ3n) is 5.27. The molecule has 5 nitrogen and oxygen atoms in total. The molecule has 0 aliphatic carbocycles. The number of rotatable bonds is 4. The van der Waals surface area contributed by atoms with Gasteiger partial charge in [0.15, 0.2) is 0 Å². The fourth-order valence-corrected chi connectivity index (χ4v) is 5.56. The Bertz CT molecular complexity index is 945. The van der Waals surface area contributed by atoms with Gasteiger partial charge >= 0.3 is 0 Å². The third-order valence-corrected chi connectivity index (χ3v) is 7.11. The minimum Gasteiger partial charge on any atom is -0.284 e. The second-order valence-corrected chi connectivity index (χ2v) is 9.88. The Balaban J connectivity index is 0.00000256. The molecule has 1 fully saturated rings.